The highest BCUT2D eigenvalue weighted by molar-refractivity contribution is 4.76. The summed E-state index contributed by atoms with van der Waals surface area (Å²) in [7, 11) is 0. The molecule has 9 heavy (non-hydrogen) atoms. The summed E-state index contributed by atoms with van der Waals surface area (Å²) in [5.41, 5.74) is -0.214. The predicted molar refractivity (Wildman–Crippen MR) is 37.1 cm³/mol. The zero-order chi connectivity index (χ0) is 7.65. The molecule has 0 aliphatic heterocycles. The first-order valence-electron chi connectivity index (χ1n) is 3.22. The smallest absolute Gasteiger partial charge is 0.0844 e. The van der Waals surface area contributed by atoms with Gasteiger partial charge in [0.1, 0.15) is 0 Å². The topological polar surface area (TPSA) is 40.5 Å². The summed E-state index contributed by atoms with van der Waals surface area (Å²) in [6.07, 6.45) is -1.26. The number of hydrogen-bond donors (Lipinski definition) is 2. The number of rotatable bonds is 1. The lowest BCUT2D eigenvalue weighted by atomic mass is 9.86. The van der Waals surface area contributed by atoms with Crippen molar-refractivity contribution in [3.8, 4) is 0 Å². The molecule has 0 aliphatic carbocycles. The van der Waals surface area contributed by atoms with Gasteiger partial charge < -0.3 is 10.2 Å². The van der Waals surface area contributed by atoms with Crippen LogP contribution in [0.5, 0.6) is 0 Å². The van der Waals surface area contributed by atoms with Crippen molar-refractivity contribution in [2.75, 3.05) is 0 Å². The summed E-state index contributed by atoms with van der Waals surface area (Å²) in [6.45, 7) is 7.27. The zero-order valence-corrected chi connectivity index (χ0v) is 6.55. The molecule has 2 nitrogen and oxygen atoms in total. The molecular formula is C7H16O2. The molecule has 0 heterocycles. The van der Waals surface area contributed by atoms with Crippen LogP contribution in [0.15, 0.2) is 0 Å². The Morgan fingerprint density at radius 2 is 1.44 bits per heavy atom. The lowest BCUT2D eigenvalue weighted by molar-refractivity contribution is -0.0350. The number of hydrogen-bond acceptors (Lipinski definition) is 2. The second-order valence-electron chi connectivity index (χ2n) is 3.55. The molecule has 0 aromatic rings. The maximum atomic E-state index is 9.21. The van der Waals surface area contributed by atoms with Crippen LogP contribution in [0, 0.1) is 5.41 Å². The van der Waals surface area contributed by atoms with Gasteiger partial charge in [0, 0.05) is 0 Å². The van der Waals surface area contributed by atoms with Crippen LogP contribution in [0.3, 0.4) is 0 Å². The normalized spacial score (nSPS) is 19.3. The number of aliphatic hydroxyl groups excluding tert-OH is 2. The fourth-order valence-corrected chi connectivity index (χ4v) is 0.724. The Hall–Kier alpha value is -0.0800. The molecule has 56 valence electrons. The van der Waals surface area contributed by atoms with Crippen molar-refractivity contribution in [1.29, 1.82) is 0 Å². The molecule has 0 amide bonds. The quantitative estimate of drug-likeness (QED) is 0.553. The minimum atomic E-state index is -0.634. The maximum absolute atomic E-state index is 9.21. The van der Waals surface area contributed by atoms with Crippen molar-refractivity contribution in [2.45, 2.75) is 39.9 Å². The molecule has 0 bridgehead atoms. The van der Waals surface area contributed by atoms with Crippen LogP contribution in [-0.2, 0) is 0 Å². The maximum Gasteiger partial charge on any atom is 0.0844 e. The van der Waals surface area contributed by atoms with E-state index in [4.69, 9.17) is 5.11 Å². The average molecular weight is 132 g/mol. The van der Waals surface area contributed by atoms with Gasteiger partial charge in [-0.3, -0.25) is 0 Å². The van der Waals surface area contributed by atoms with Crippen molar-refractivity contribution < 1.29 is 10.2 Å². The van der Waals surface area contributed by atoms with Gasteiger partial charge in [-0.15, -0.1) is 0 Å². The Morgan fingerprint density at radius 1 is 1.11 bits per heavy atom. The standard InChI is InChI=1S/C7H16O2/c1-5(8)6(9)7(2,3)4/h5-6,8-9H,1-4H3/t5-,6-/m1/s1. The second-order valence-corrected chi connectivity index (χ2v) is 3.55. The molecule has 0 aromatic heterocycles. The molecule has 0 fully saturated rings. The molecule has 0 aromatic carbocycles. The van der Waals surface area contributed by atoms with Gasteiger partial charge in [-0.2, -0.15) is 0 Å². The monoisotopic (exact) mass is 132 g/mol. The first kappa shape index (κ1) is 8.92. The van der Waals surface area contributed by atoms with E-state index in [9.17, 15) is 5.11 Å². The third-order valence-electron chi connectivity index (χ3n) is 1.34. The van der Waals surface area contributed by atoms with Crippen LogP contribution < -0.4 is 0 Å². The van der Waals surface area contributed by atoms with Crippen LogP contribution in [0.2, 0.25) is 0 Å². The molecular weight excluding hydrogens is 116 g/mol. The lowest BCUT2D eigenvalue weighted by Crippen LogP contribution is -2.35. The molecule has 0 saturated carbocycles. The van der Waals surface area contributed by atoms with Gasteiger partial charge >= 0.3 is 0 Å². The lowest BCUT2D eigenvalue weighted by Gasteiger charge is -2.27. The van der Waals surface area contributed by atoms with Gasteiger partial charge in [-0.25, -0.2) is 0 Å². The summed E-state index contributed by atoms with van der Waals surface area (Å²) in [5, 5.41) is 18.1. The van der Waals surface area contributed by atoms with Gasteiger partial charge in [0.25, 0.3) is 0 Å². The van der Waals surface area contributed by atoms with Crippen LogP contribution in [-0.4, -0.2) is 22.4 Å². The van der Waals surface area contributed by atoms with Crippen molar-refractivity contribution in [3.05, 3.63) is 0 Å². The first-order valence-corrected chi connectivity index (χ1v) is 3.22. The SMILES string of the molecule is C[C@@H](O)[C@@H](O)C(C)(C)C. The highest BCUT2D eigenvalue weighted by Crippen LogP contribution is 2.21. The minimum absolute atomic E-state index is 0.214. The van der Waals surface area contributed by atoms with Crippen LogP contribution in [0.4, 0.5) is 0 Å². The first-order chi connectivity index (χ1) is 3.85. The minimum Gasteiger partial charge on any atom is -0.391 e. The third-order valence-corrected chi connectivity index (χ3v) is 1.34. The Bertz CT molecular complexity index is 81.4. The van der Waals surface area contributed by atoms with Crippen LogP contribution in [0.1, 0.15) is 27.7 Å². The van der Waals surface area contributed by atoms with E-state index in [-0.39, 0.29) is 5.41 Å². The van der Waals surface area contributed by atoms with Gasteiger partial charge in [-0.05, 0) is 12.3 Å². The Morgan fingerprint density at radius 3 is 1.44 bits per heavy atom. The van der Waals surface area contributed by atoms with Gasteiger partial charge in [0.2, 0.25) is 0 Å². The summed E-state index contributed by atoms with van der Waals surface area (Å²) >= 11 is 0. The highest BCUT2D eigenvalue weighted by Gasteiger charge is 2.25. The molecule has 0 radical (unpaired) electrons. The van der Waals surface area contributed by atoms with Crippen molar-refractivity contribution >= 4 is 0 Å². The second kappa shape index (κ2) is 2.67. The molecule has 0 unspecified atom stereocenters. The fourth-order valence-electron chi connectivity index (χ4n) is 0.724. The van der Waals surface area contributed by atoms with E-state index < -0.39 is 12.2 Å². The van der Waals surface area contributed by atoms with E-state index >= 15 is 0 Å². The third kappa shape index (κ3) is 2.82. The van der Waals surface area contributed by atoms with Crippen molar-refractivity contribution in [3.63, 3.8) is 0 Å². The fraction of sp³-hybridized carbons (Fsp3) is 1.00. The van der Waals surface area contributed by atoms with Gasteiger partial charge in [0.15, 0.2) is 0 Å². The molecule has 2 heteroatoms. The van der Waals surface area contributed by atoms with Crippen LogP contribution >= 0.6 is 0 Å². The zero-order valence-electron chi connectivity index (χ0n) is 6.55. The van der Waals surface area contributed by atoms with Crippen LogP contribution in [0.25, 0.3) is 0 Å². The van der Waals surface area contributed by atoms with E-state index in [0.717, 1.165) is 0 Å². The molecule has 0 aliphatic rings. The van der Waals surface area contributed by atoms with E-state index in [1.54, 1.807) is 6.92 Å². The Labute approximate surface area is 56.5 Å². The van der Waals surface area contributed by atoms with E-state index in [1.165, 1.54) is 0 Å². The molecule has 0 saturated heterocycles. The molecule has 0 spiro atoms. The Balaban J connectivity index is 3.88. The summed E-state index contributed by atoms with van der Waals surface area (Å²) in [4.78, 5) is 0. The molecule has 0 rings (SSSR count). The molecule has 2 N–H and O–H groups in total. The van der Waals surface area contributed by atoms with E-state index in [1.807, 2.05) is 20.8 Å². The summed E-state index contributed by atoms with van der Waals surface area (Å²) in [5.74, 6) is 0. The van der Waals surface area contributed by atoms with Crippen molar-refractivity contribution in [1.82, 2.24) is 0 Å². The summed E-state index contributed by atoms with van der Waals surface area (Å²) in [6, 6.07) is 0. The van der Waals surface area contributed by atoms with E-state index in [0.29, 0.717) is 0 Å². The van der Waals surface area contributed by atoms with E-state index in [2.05, 4.69) is 0 Å². The summed E-state index contributed by atoms with van der Waals surface area (Å²) < 4.78 is 0. The largest absolute Gasteiger partial charge is 0.391 e. The van der Waals surface area contributed by atoms with Crippen molar-refractivity contribution in [2.24, 2.45) is 5.41 Å². The average Bonchev–Trinajstić information content (AvgIpc) is 1.62. The van der Waals surface area contributed by atoms with Gasteiger partial charge in [0.05, 0.1) is 12.2 Å². The van der Waals surface area contributed by atoms with Gasteiger partial charge in [-0.1, -0.05) is 20.8 Å². The Kier molecular flexibility index (Phi) is 2.65. The highest BCUT2D eigenvalue weighted by atomic mass is 16.3. The molecule has 2 atom stereocenters. The predicted octanol–water partition coefficient (Wildman–Crippen LogP) is 0.774. The number of aliphatic hydroxyl groups is 2.